The fourth-order valence-corrected chi connectivity index (χ4v) is 3.95. The second kappa shape index (κ2) is 7.75. The van der Waals surface area contributed by atoms with Crippen molar-refractivity contribution in [1.82, 2.24) is 5.32 Å². The number of fused-ring (bicyclic) bond motifs is 1. The van der Waals surface area contributed by atoms with Gasteiger partial charge in [0.1, 0.15) is 0 Å². The Kier molecular flexibility index (Phi) is 5.15. The van der Waals surface area contributed by atoms with Gasteiger partial charge in [-0.15, -0.1) is 0 Å². The average Bonchev–Trinajstić information content (AvgIpc) is 3.20. The second-order valence-electron chi connectivity index (χ2n) is 7.54. The number of aromatic carboxylic acids is 1. The van der Waals surface area contributed by atoms with Crippen LogP contribution in [0.15, 0.2) is 36.4 Å². The summed E-state index contributed by atoms with van der Waals surface area (Å²) in [5, 5.41) is 12.3. The zero-order valence-corrected chi connectivity index (χ0v) is 16.2. The van der Waals surface area contributed by atoms with Gasteiger partial charge in [-0.25, -0.2) is 4.79 Å². The first-order valence-electron chi connectivity index (χ1n) is 9.58. The van der Waals surface area contributed by atoms with E-state index in [2.05, 4.69) is 5.32 Å². The third-order valence-electron chi connectivity index (χ3n) is 5.61. The van der Waals surface area contributed by atoms with Crippen LogP contribution in [-0.2, 0) is 10.2 Å². The van der Waals surface area contributed by atoms with Crippen LogP contribution in [0.3, 0.4) is 0 Å². The van der Waals surface area contributed by atoms with Crippen molar-refractivity contribution < 1.29 is 28.9 Å². The van der Waals surface area contributed by atoms with E-state index >= 15 is 0 Å². The maximum atomic E-state index is 12.8. The number of aryl methyl sites for hydroxylation is 1. The summed E-state index contributed by atoms with van der Waals surface area (Å²) in [5.74, 6) is 0.0947. The number of carbonyl (C=O) groups excluding carboxylic acids is 1. The number of ether oxygens (including phenoxy) is 3. The van der Waals surface area contributed by atoms with Gasteiger partial charge < -0.3 is 24.6 Å². The largest absolute Gasteiger partial charge is 0.478 e. The minimum atomic E-state index is -1.05. The zero-order chi connectivity index (χ0) is 20.4. The monoisotopic (exact) mass is 397 g/mol. The van der Waals surface area contributed by atoms with Crippen LogP contribution in [0.1, 0.15) is 44.7 Å². The fourth-order valence-electron chi connectivity index (χ4n) is 3.95. The van der Waals surface area contributed by atoms with E-state index in [9.17, 15) is 14.7 Å². The van der Waals surface area contributed by atoms with Crippen molar-refractivity contribution >= 4 is 11.9 Å². The summed E-state index contributed by atoms with van der Waals surface area (Å²) in [4.78, 5) is 24.1. The van der Waals surface area contributed by atoms with Crippen LogP contribution < -0.4 is 14.8 Å². The molecule has 2 aromatic carbocycles. The molecule has 7 nitrogen and oxygen atoms in total. The molecule has 2 aliphatic heterocycles. The first-order valence-corrected chi connectivity index (χ1v) is 9.58. The Balaban J connectivity index is 1.56. The molecule has 2 heterocycles. The van der Waals surface area contributed by atoms with E-state index < -0.39 is 5.97 Å². The van der Waals surface area contributed by atoms with Crippen LogP contribution in [0, 0.1) is 6.92 Å². The van der Waals surface area contributed by atoms with E-state index in [4.69, 9.17) is 14.2 Å². The topological polar surface area (TPSA) is 94.1 Å². The highest BCUT2D eigenvalue weighted by atomic mass is 16.7. The molecular formula is C22H23NO6. The van der Waals surface area contributed by atoms with Crippen molar-refractivity contribution in [1.29, 1.82) is 0 Å². The van der Waals surface area contributed by atoms with Gasteiger partial charge in [0.05, 0.1) is 5.56 Å². The standard InChI is InChI=1S/C22H23NO6/c1-14-8-15(10-16(9-14)21(25)26)20(24)23-12-22(4-6-27-7-5-22)17-2-3-18-19(11-17)29-13-28-18/h2-3,8-11H,4-7,12-13H2,1H3,(H,23,24)(H,25,26). The molecule has 2 aliphatic rings. The van der Waals surface area contributed by atoms with Gasteiger partial charge in [-0.2, -0.15) is 0 Å². The summed E-state index contributed by atoms with van der Waals surface area (Å²) < 4.78 is 16.5. The highest BCUT2D eigenvalue weighted by Crippen LogP contribution is 2.40. The number of benzene rings is 2. The Hall–Kier alpha value is -3.06. The predicted octanol–water partition coefficient (Wildman–Crippen LogP) is 2.90. The molecule has 0 saturated carbocycles. The molecule has 4 rings (SSSR count). The molecule has 0 aliphatic carbocycles. The SMILES string of the molecule is Cc1cc(C(=O)O)cc(C(=O)NCC2(c3ccc4c(c3)OCO4)CCOCC2)c1. The van der Waals surface area contributed by atoms with Crippen molar-refractivity contribution in [3.8, 4) is 11.5 Å². The van der Waals surface area contributed by atoms with E-state index in [0.717, 1.165) is 29.7 Å². The summed E-state index contributed by atoms with van der Waals surface area (Å²) in [6, 6.07) is 10.5. The number of carboxylic acid groups (broad SMARTS) is 1. The van der Waals surface area contributed by atoms with E-state index in [1.54, 1.807) is 19.1 Å². The lowest BCUT2D eigenvalue weighted by molar-refractivity contribution is 0.0486. The van der Waals surface area contributed by atoms with Gasteiger partial charge in [0.15, 0.2) is 11.5 Å². The molecule has 0 spiro atoms. The summed E-state index contributed by atoms with van der Waals surface area (Å²) >= 11 is 0. The molecule has 0 unspecified atom stereocenters. The van der Waals surface area contributed by atoms with Crippen molar-refractivity contribution in [3.63, 3.8) is 0 Å². The molecule has 0 radical (unpaired) electrons. The quantitative estimate of drug-likeness (QED) is 0.806. The smallest absolute Gasteiger partial charge is 0.335 e. The molecule has 1 amide bonds. The molecule has 2 N–H and O–H groups in total. The molecule has 7 heteroatoms. The Labute approximate surface area is 168 Å². The van der Waals surface area contributed by atoms with Crippen LogP contribution in [0.4, 0.5) is 0 Å². The maximum Gasteiger partial charge on any atom is 0.335 e. The van der Waals surface area contributed by atoms with Crippen molar-refractivity contribution in [3.05, 3.63) is 58.7 Å². The van der Waals surface area contributed by atoms with Crippen LogP contribution in [0.25, 0.3) is 0 Å². The van der Waals surface area contributed by atoms with Crippen molar-refractivity contribution in [2.24, 2.45) is 0 Å². The number of nitrogens with one attached hydrogen (secondary N) is 1. The van der Waals surface area contributed by atoms with E-state index in [0.29, 0.717) is 31.1 Å². The van der Waals surface area contributed by atoms with Gasteiger partial charge >= 0.3 is 5.97 Å². The third kappa shape index (κ3) is 3.91. The number of hydrogen-bond donors (Lipinski definition) is 2. The summed E-state index contributed by atoms with van der Waals surface area (Å²) in [6.45, 7) is 3.63. The van der Waals surface area contributed by atoms with Gasteiger partial charge in [0, 0.05) is 30.7 Å². The van der Waals surface area contributed by atoms with Gasteiger partial charge in [0.25, 0.3) is 5.91 Å². The van der Waals surface area contributed by atoms with E-state index in [1.807, 2.05) is 18.2 Å². The third-order valence-corrected chi connectivity index (χ3v) is 5.61. The lowest BCUT2D eigenvalue weighted by atomic mass is 9.74. The highest BCUT2D eigenvalue weighted by Gasteiger charge is 2.36. The number of rotatable bonds is 5. The highest BCUT2D eigenvalue weighted by molar-refractivity contribution is 5.97. The second-order valence-corrected chi connectivity index (χ2v) is 7.54. The molecule has 29 heavy (non-hydrogen) atoms. The summed E-state index contributed by atoms with van der Waals surface area (Å²) in [6.07, 6.45) is 1.53. The molecule has 0 aromatic heterocycles. The van der Waals surface area contributed by atoms with E-state index in [1.165, 1.54) is 6.07 Å². The van der Waals surface area contributed by atoms with Gasteiger partial charge in [-0.05, 0) is 61.2 Å². The molecule has 1 saturated heterocycles. The first-order chi connectivity index (χ1) is 14.0. The molecule has 0 bridgehead atoms. The Morgan fingerprint density at radius 1 is 1.03 bits per heavy atom. The van der Waals surface area contributed by atoms with Gasteiger partial charge in [0.2, 0.25) is 6.79 Å². The number of hydrogen-bond acceptors (Lipinski definition) is 5. The average molecular weight is 397 g/mol. The molecular weight excluding hydrogens is 374 g/mol. The Bertz CT molecular complexity index is 948. The number of amides is 1. The minimum Gasteiger partial charge on any atom is -0.478 e. The van der Waals surface area contributed by atoms with Crippen LogP contribution in [0.5, 0.6) is 11.5 Å². The molecule has 1 fully saturated rings. The van der Waals surface area contributed by atoms with Crippen LogP contribution in [0.2, 0.25) is 0 Å². The predicted molar refractivity (Wildman–Crippen MR) is 105 cm³/mol. The minimum absolute atomic E-state index is 0.103. The Morgan fingerprint density at radius 2 is 1.76 bits per heavy atom. The molecule has 2 aromatic rings. The molecule has 0 atom stereocenters. The normalized spacial score (nSPS) is 17.0. The van der Waals surface area contributed by atoms with Gasteiger partial charge in [-0.1, -0.05) is 6.07 Å². The summed E-state index contributed by atoms with van der Waals surface area (Å²) in [5.41, 5.74) is 1.96. The lowest BCUT2D eigenvalue weighted by Gasteiger charge is -2.38. The zero-order valence-electron chi connectivity index (χ0n) is 16.2. The van der Waals surface area contributed by atoms with Crippen LogP contribution >= 0.6 is 0 Å². The van der Waals surface area contributed by atoms with Crippen molar-refractivity contribution in [2.75, 3.05) is 26.6 Å². The Morgan fingerprint density at radius 3 is 2.52 bits per heavy atom. The number of carbonyl (C=O) groups is 2. The van der Waals surface area contributed by atoms with Crippen LogP contribution in [-0.4, -0.2) is 43.5 Å². The van der Waals surface area contributed by atoms with Crippen molar-refractivity contribution in [2.45, 2.75) is 25.2 Å². The molecule has 152 valence electrons. The lowest BCUT2D eigenvalue weighted by Crippen LogP contribution is -2.44. The number of carboxylic acids is 1. The maximum absolute atomic E-state index is 12.8. The fraction of sp³-hybridized carbons (Fsp3) is 0.364. The summed E-state index contributed by atoms with van der Waals surface area (Å²) in [7, 11) is 0. The van der Waals surface area contributed by atoms with Gasteiger partial charge in [-0.3, -0.25) is 4.79 Å². The van der Waals surface area contributed by atoms with E-state index in [-0.39, 0.29) is 23.7 Å². The first kappa shape index (κ1) is 19.3.